The van der Waals surface area contributed by atoms with Crippen LogP contribution in [0.4, 0.5) is 5.95 Å². The van der Waals surface area contributed by atoms with E-state index < -0.39 is 0 Å². The summed E-state index contributed by atoms with van der Waals surface area (Å²) >= 11 is 2.36. The van der Waals surface area contributed by atoms with Crippen LogP contribution in [0.1, 0.15) is 25.5 Å². The van der Waals surface area contributed by atoms with Gasteiger partial charge in [0, 0.05) is 15.8 Å². The van der Waals surface area contributed by atoms with Crippen molar-refractivity contribution in [3.05, 3.63) is 45.2 Å². The second-order valence-corrected chi connectivity index (χ2v) is 5.60. The molecule has 1 aliphatic rings. The molecule has 1 atom stereocenters. The summed E-state index contributed by atoms with van der Waals surface area (Å²) in [6.07, 6.45) is 2.21. The smallest absolute Gasteiger partial charge is 0.250 e. The third-order valence-corrected chi connectivity index (χ3v) is 4.33. The van der Waals surface area contributed by atoms with E-state index >= 15 is 0 Å². The normalized spacial score (nSPS) is 18.2. The van der Waals surface area contributed by atoms with E-state index in [1.54, 1.807) is 0 Å². The molecule has 0 aliphatic carbocycles. The molecular weight excluding hydrogens is 353 g/mol. The predicted molar refractivity (Wildman–Crippen MR) is 81.9 cm³/mol. The van der Waals surface area contributed by atoms with E-state index in [1.807, 2.05) is 10.7 Å². The van der Waals surface area contributed by atoms with Gasteiger partial charge in [0.05, 0.1) is 0 Å². The number of nitrogens with zero attached hydrogens (tertiary/aromatic N) is 5. The summed E-state index contributed by atoms with van der Waals surface area (Å²) in [5.74, 6) is 0.812. The molecule has 0 radical (unpaired) electrons. The molecule has 0 fully saturated rings. The minimum atomic E-state index is 0.0703. The van der Waals surface area contributed by atoms with E-state index in [9.17, 15) is 0 Å². The number of hydrogen-bond donors (Lipinski definition) is 0. The van der Waals surface area contributed by atoms with Crippen molar-refractivity contribution in [1.82, 2.24) is 20.2 Å². The van der Waals surface area contributed by atoms with Crippen LogP contribution in [0, 0.1) is 3.57 Å². The molecule has 1 aromatic heterocycles. The average molecular weight is 367 g/mol. The van der Waals surface area contributed by atoms with Gasteiger partial charge in [-0.25, -0.2) is 0 Å². The maximum Gasteiger partial charge on any atom is 0.250 e. The molecule has 0 saturated carbocycles. The number of hydrogen-bond acceptors (Lipinski definition) is 4. The molecule has 3 rings (SSSR count). The van der Waals surface area contributed by atoms with Gasteiger partial charge in [0.15, 0.2) is 0 Å². The first-order chi connectivity index (χ1) is 9.22. The SMILES string of the molecule is CCN1C(C)=CC(c2ccccc2I)n2nnnc21. The van der Waals surface area contributed by atoms with E-state index in [0.29, 0.717) is 0 Å². The van der Waals surface area contributed by atoms with Gasteiger partial charge in [-0.05, 0) is 64.6 Å². The molecule has 0 bridgehead atoms. The highest BCUT2D eigenvalue weighted by atomic mass is 127. The van der Waals surface area contributed by atoms with Gasteiger partial charge in [0.2, 0.25) is 0 Å². The minimum absolute atomic E-state index is 0.0703. The molecular formula is C13H14IN5. The summed E-state index contributed by atoms with van der Waals surface area (Å²) in [7, 11) is 0. The zero-order valence-electron chi connectivity index (χ0n) is 10.8. The van der Waals surface area contributed by atoms with E-state index in [-0.39, 0.29) is 6.04 Å². The topological polar surface area (TPSA) is 46.8 Å². The van der Waals surface area contributed by atoms with Crippen LogP contribution >= 0.6 is 22.6 Å². The molecule has 6 heteroatoms. The van der Waals surface area contributed by atoms with Crippen molar-refractivity contribution in [2.75, 3.05) is 11.4 Å². The molecule has 1 aliphatic heterocycles. The second-order valence-electron chi connectivity index (χ2n) is 4.44. The summed E-state index contributed by atoms with van der Waals surface area (Å²) in [5, 5.41) is 12.1. The highest BCUT2D eigenvalue weighted by Crippen LogP contribution is 2.33. The Morgan fingerprint density at radius 3 is 2.84 bits per heavy atom. The molecule has 19 heavy (non-hydrogen) atoms. The lowest BCUT2D eigenvalue weighted by atomic mass is 10.0. The predicted octanol–water partition coefficient (Wildman–Crippen LogP) is 2.61. The standard InChI is InChI=1S/C13H14IN5/c1-3-18-9(2)8-12(19-13(18)15-16-17-19)10-6-4-5-7-11(10)14/h4-8,12H,3H2,1-2H3. The number of rotatable bonds is 2. The van der Waals surface area contributed by atoms with Crippen molar-refractivity contribution in [2.24, 2.45) is 0 Å². The Labute approximate surface area is 125 Å². The van der Waals surface area contributed by atoms with E-state index in [2.05, 4.69) is 81.1 Å². The minimum Gasteiger partial charge on any atom is -0.314 e. The fraction of sp³-hybridized carbons (Fsp3) is 0.308. The van der Waals surface area contributed by atoms with Gasteiger partial charge < -0.3 is 4.90 Å². The largest absolute Gasteiger partial charge is 0.314 e. The quantitative estimate of drug-likeness (QED) is 0.766. The van der Waals surface area contributed by atoms with Crippen molar-refractivity contribution >= 4 is 28.5 Å². The van der Waals surface area contributed by atoms with Gasteiger partial charge in [-0.3, -0.25) is 0 Å². The van der Waals surface area contributed by atoms with E-state index in [4.69, 9.17) is 0 Å². The molecule has 5 nitrogen and oxygen atoms in total. The number of aromatic nitrogens is 4. The Balaban J connectivity index is 2.14. The van der Waals surface area contributed by atoms with Gasteiger partial charge >= 0.3 is 0 Å². The van der Waals surface area contributed by atoms with Crippen LogP contribution < -0.4 is 4.90 Å². The summed E-state index contributed by atoms with van der Waals surface area (Å²) < 4.78 is 3.11. The highest BCUT2D eigenvalue weighted by molar-refractivity contribution is 14.1. The van der Waals surface area contributed by atoms with Crippen LogP contribution in [0.25, 0.3) is 0 Å². The van der Waals surface area contributed by atoms with Crippen molar-refractivity contribution in [3.63, 3.8) is 0 Å². The van der Waals surface area contributed by atoms with E-state index in [1.165, 1.54) is 14.8 Å². The maximum absolute atomic E-state index is 4.15. The third-order valence-electron chi connectivity index (χ3n) is 3.35. The van der Waals surface area contributed by atoms with Crippen molar-refractivity contribution in [1.29, 1.82) is 0 Å². The molecule has 0 N–H and O–H groups in total. The molecule has 2 heterocycles. The number of allylic oxidation sites excluding steroid dienone is 2. The Morgan fingerprint density at radius 1 is 1.32 bits per heavy atom. The van der Waals surface area contributed by atoms with Crippen LogP contribution in [-0.2, 0) is 0 Å². The Kier molecular flexibility index (Phi) is 3.26. The zero-order valence-corrected chi connectivity index (χ0v) is 12.9. The maximum atomic E-state index is 4.15. The Morgan fingerprint density at radius 2 is 2.11 bits per heavy atom. The summed E-state index contributed by atoms with van der Waals surface area (Å²) in [6, 6.07) is 8.40. The van der Waals surface area contributed by atoms with Crippen LogP contribution in [0.15, 0.2) is 36.0 Å². The van der Waals surface area contributed by atoms with Crippen LogP contribution in [0.5, 0.6) is 0 Å². The molecule has 2 aromatic rings. The number of fused-ring (bicyclic) bond motifs is 1. The summed E-state index contributed by atoms with van der Waals surface area (Å²) in [4.78, 5) is 2.12. The van der Waals surface area contributed by atoms with Crippen molar-refractivity contribution < 1.29 is 0 Å². The fourth-order valence-corrected chi connectivity index (χ4v) is 3.13. The van der Waals surface area contributed by atoms with Crippen molar-refractivity contribution in [3.8, 4) is 0 Å². The lowest BCUT2D eigenvalue weighted by molar-refractivity contribution is 0.560. The molecule has 0 spiro atoms. The fourth-order valence-electron chi connectivity index (χ4n) is 2.42. The molecule has 0 amide bonds. The van der Waals surface area contributed by atoms with Gasteiger partial charge in [-0.15, -0.1) is 0 Å². The first kappa shape index (κ1) is 12.6. The van der Waals surface area contributed by atoms with Gasteiger partial charge in [-0.1, -0.05) is 23.3 Å². The zero-order chi connectivity index (χ0) is 13.4. The number of halogens is 1. The average Bonchev–Trinajstić information content (AvgIpc) is 2.88. The number of benzene rings is 1. The lowest BCUT2D eigenvalue weighted by Gasteiger charge is -2.30. The summed E-state index contributed by atoms with van der Waals surface area (Å²) in [6.45, 7) is 5.06. The Bertz CT molecular complexity index is 633. The lowest BCUT2D eigenvalue weighted by Crippen LogP contribution is -2.31. The number of tetrazole rings is 1. The molecule has 98 valence electrons. The highest BCUT2D eigenvalue weighted by Gasteiger charge is 2.27. The van der Waals surface area contributed by atoms with Gasteiger partial charge in [0.1, 0.15) is 6.04 Å². The van der Waals surface area contributed by atoms with Gasteiger partial charge in [-0.2, -0.15) is 4.68 Å². The van der Waals surface area contributed by atoms with Crippen LogP contribution in [0.3, 0.4) is 0 Å². The monoisotopic (exact) mass is 367 g/mol. The Hall–Kier alpha value is -1.44. The number of anilines is 1. The summed E-state index contributed by atoms with van der Waals surface area (Å²) in [5.41, 5.74) is 2.42. The van der Waals surface area contributed by atoms with Crippen LogP contribution in [0.2, 0.25) is 0 Å². The second kappa shape index (κ2) is 4.92. The molecule has 1 aromatic carbocycles. The third kappa shape index (κ3) is 2.03. The van der Waals surface area contributed by atoms with Crippen LogP contribution in [-0.4, -0.2) is 26.8 Å². The first-order valence-corrected chi connectivity index (χ1v) is 7.28. The molecule has 1 unspecified atom stereocenters. The first-order valence-electron chi connectivity index (χ1n) is 6.20. The van der Waals surface area contributed by atoms with Crippen molar-refractivity contribution in [2.45, 2.75) is 19.9 Å². The van der Waals surface area contributed by atoms with E-state index in [0.717, 1.165) is 12.5 Å². The molecule has 0 saturated heterocycles. The van der Waals surface area contributed by atoms with Gasteiger partial charge in [0.25, 0.3) is 5.95 Å².